The van der Waals surface area contributed by atoms with E-state index in [2.05, 4.69) is 5.32 Å². The Bertz CT molecular complexity index is 818. The van der Waals surface area contributed by atoms with E-state index in [4.69, 9.17) is 21.1 Å². The summed E-state index contributed by atoms with van der Waals surface area (Å²) in [4.78, 5) is 12.0. The summed E-state index contributed by atoms with van der Waals surface area (Å²) in [5.74, 6) is 0.244. The topological polar surface area (TPSA) is 47.6 Å². The van der Waals surface area contributed by atoms with Crippen LogP contribution in [0.1, 0.15) is 11.1 Å². The fraction of sp³-hybridized carbons (Fsp3) is 0.167. The van der Waals surface area contributed by atoms with Crippen LogP contribution in [0.2, 0.25) is 5.02 Å². The molecule has 8 heteroatoms. The van der Waals surface area contributed by atoms with Gasteiger partial charge in [0.2, 0.25) is 5.91 Å². The summed E-state index contributed by atoms with van der Waals surface area (Å²) in [6.45, 7) is 0. The molecule has 1 N–H and O–H groups in total. The van der Waals surface area contributed by atoms with Crippen LogP contribution in [0.5, 0.6) is 11.5 Å². The molecule has 0 spiro atoms. The Morgan fingerprint density at radius 2 is 1.69 bits per heavy atom. The Hall–Kier alpha value is -2.67. The summed E-state index contributed by atoms with van der Waals surface area (Å²) in [5.41, 5.74) is 0.0324. The summed E-state index contributed by atoms with van der Waals surface area (Å²) >= 11 is 6.02. The molecule has 0 aromatic heterocycles. The van der Waals surface area contributed by atoms with E-state index in [1.807, 2.05) is 0 Å². The zero-order valence-electron chi connectivity index (χ0n) is 13.9. The maximum absolute atomic E-state index is 12.5. The van der Waals surface area contributed by atoms with Crippen LogP contribution in [-0.4, -0.2) is 20.1 Å². The third-order valence-corrected chi connectivity index (χ3v) is 3.69. The van der Waals surface area contributed by atoms with Crippen molar-refractivity contribution in [1.82, 2.24) is 0 Å². The lowest BCUT2D eigenvalue weighted by molar-refractivity contribution is -0.137. The van der Waals surface area contributed by atoms with Crippen molar-refractivity contribution in [2.24, 2.45) is 0 Å². The molecule has 0 unspecified atom stereocenters. The monoisotopic (exact) mass is 385 g/mol. The van der Waals surface area contributed by atoms with Crippen LogP contribution in [0.25, 0.3) is 6.08 Å². The maximum Gasteiger partial charge on any atom is 0.416 e. The Balaban J connectivity index is 2.11. The van der Waals surface area contributed by atoms with Crippen molar-refractivity contribution in [3.05, 3.63) is 58.6 Å². The van der Waals surface area contributed by atoms with Gasteiger partial charge in [-0.15, -0.1) is 0 Å². The van der Waals surface area contributed by atoms with Crippen LogP contribution in [0.3, 0.4) is 0 Å². The van der Waals surface area contributed by atoms with Gasteiger partial charge in [-0.2, -0.15) is 13.2 Å². The number of alkyl halides is 3. The van der Waals surface area contributed by atoms with Gasteiger partial charge in [-0.3, -0.25) is 4.79 Å². The van der Waals surface area contributed by atoms with Gasteiger partial charge in [0, 0.05) is 12.1 Å². The van der Waals surface area contributed by atoms with Crippen molar-refractivity contribution in [2.75, 3.05) is 19.5 Å². The Morgan fingerprint density at radius 3 is 2.23 bits per heavy atom. The highest BCUT2D eigenvalue weighted by Gasteiger charge is 2.29. The van der Waals surface area contributed by atoms with E-state index in [-0.39, 0.29) is 5.02 Å². The lowest BCUT2D eigenvalue weighted by Gasteiger charge is -2.12. The molecule has 2 aromatic carbocycles. The van der Waals surface area contributed by atoms with Crippen molar-refractivity contribution in [3.63, 3.8) is 0 Å². The van der Waals surface area contributed by atoms with Crippen LogP contribution >= 0.6 is 11.6 Å². The first-order chi connectivity index (χ1) is 12.2. The summed E-state index contributed by atoms with van der Waals surface area (Å²) < 4.78 is 47.8. The number of carbonyl (C=O) groups excluding carboxylic acids is 1. The van der Waals surface area contributed by atoms with E-state index in [0.29, 0.717) is 22.7 Å². The molecule has 0 saturated heterocycles. The molecule has 0 saturated carbocycles. The van der Waals surface area contributed by atoms with Gasteiger partial charge < -0.3 is 14.8 Å². The van der Waals surface area contributed by atoms with Crippen LogP contribution in [-0.2, 0) is 11.0 Å². The second-order valence-electron chi connectivity index (χ2n) is 5.13. The molecule has 2 aromatic rings. The second-order valence-corrected chi connectivity index (χ2v) is 5.54. The lowest BCUT2D eigenvalue weighted by atomic mass is 10.1. The minimum atomic E-state index is -4.40. The predicted octanol–water partition coefficient (Wildman–Crippen LogP) is 5.03. The van der Waals surface area contributed by atoms with E-state index in [1.54, 1.807) is 0 Å². The fourth-order valence-electron chi connectivity index (χ4n) is 2.09. The number of halogens is 4. The lowest BCUT2D eigenvalue weighted by Crippen LogP contribution is -2.09. The van der Waals surface area contributed by atoms with Gasteiger partial charge in [0.15, 0.2) is 0 Å². The molecule has 138 valence electrons. The van der Waals surface area contributed by atoms with Crippen molar-refractivity contribution >= 4 is 29.3 Å². The van der Waals surface area contributed by atoms with Crippen molar-refractivity contribution < 1.29 is 27.4 Å². The highest BCUT2D eigenvalue weighted by Crippen LogP contribution is 2.36. The maximum atomic E-state index is 12.5. The molecule has 2 rings (SSSR count). The number of hydrogen-bond donors (Lipinski definition) is 1. The number of amides is 1. The predicted molar refractivity (Wildman–Crippen MR) is 93.7 cm³/mol. The van der Waals surface area contributed by atoms with Crippen molar-refractivity contribution in [3.8, 4) is 11.5 Å². The number of methoxy groups -OCH3 is 2. The van der Waals surface area contributed by atoms with Crippen LogP contribution in [0, 0.1) is 0 Å². The zero-order valence-corrected chi connectivity index (χ0v) is 14.6. The van der Waals surface area contributed by atoms with Crippen molar-refractivity contribution in [1.29, 1.82) is 0 Å². The molecule has 26 heavy (non-hydrogen) atoms. The molecular formula is C18H15ClF3NO3. The van der Waals surface area contributed by atoms with E-state index in [1.165, 1.54) is 50.6 Å². The van der Waals surface area contributed by atoms with E-state index < -0.39 is 17.6 Å². The molecule has 0 fully saturated rings. The molecular weight excluding hydrogens is 371 g/mol. The summed E-state index contributed by atoms with van der Waals surface area (Å²) in [6, 6.07) is 7.45. The third kappa shape index (κ3) is 4.92. The SMILES string of the molecule is COc1cc(OC)c(NC(=O)/C=C/c2ccc(C(F)(F)F)cc2)cc1Cl. The molecule has 0 atom stereocenters. The number of nitrogens with one attached hydrogen (secondary N) is 1. The van der Waals surface area contributed by atoms with Crippen molar-refractivity contribution in [2.45, 2.75) is 6.18 Å². The summed E-state index contributed by atoms with van der Waals surface area (Å²) in [7, 11) is 2.88. The number of carbonyl (C=O) groups is 1. The van der Waals surface area contributed by atoms with Crippen LogP contribution < -0.4 is 14.8 Å². The molecule has 0 bridgehead atoms. The van der Waals surface area contributed by atoms with Crippen LogP contribution in [0.15, 0.2) is 42.5 Å². The molecule has 0 aliphatic rings. The second kappa shape index (κ2) is 8.14. The number of rotatable bonds is 5. The van der Waals surface area contributed by atoms with E-state index in [9.17, 15) is 18.0 Å². The van der Waals surface area contributed by atoms with Gasteiger partial charge in [-0.25, -0.2) is 0 Å². The molecule has 0 heterocycles. The smallest absolute Gasteiger partial charge is 0.416 e. The van der Waals surface area contributed by atoms with Gasteiger partial charge in [-0.1, -0.05) is 23.7 Å². The highest BCUT2D eigenvalue weighted by atomic mass is 35.5. The number of ether oxygens (including phenoxy) is 2. The fourth-order valence-corrected chi connectivity index (χ4v) is 2.33. The zero-order chi connectivity index (χ0) is 19.3. The number of hydrogen-bond acceptors (Lipinski definition) is 3. The number of benzene rings is 2. The average molecular weight is 386 g/mol. The standard InChI is InChI=1S/C18H15ClF3NO3/c1-25-15-10-16(26-2)14(9-13(15)19)23-17(24)8-5-11-3-6-12(7-4-11)18(20,21)22/h3-10H,1-2H3,(H,23,24)/b8-5+. The Kier molecular flexibility index (Phi) is 6.15. The van der Waals surface area contributed by atoms with Gasteiger partial charge in [0.25, 0.3) is 0 Å². The van der Waals surface area contributed by atoms with Gasteiger partial charge in [0.1, 0.15) is 11.5 Å². The highest BCUT2D eigenvalue weighted by molar-refractivity contribution is 6.32. The minimum Gasteiger partial charge on any atom is -0.495 e. The summed E-state index contributed by atoms with van der Waals surface area (Å²) in [6.07, 6.45) is -1.81. The van der Waals surface area contributed by atoms with Gasteiger partial charge in [0.05, 0.1) is 30.5 Å². The van der Waals surface area contributed by atoms with E-state index in [0.717, 1.165) is 12.1 Å². The molecule has 4 nitrogen and oxygen atoms in total. The largest absolute Gasteiger partial charge is 0.495 e. The number of anilines is 1. The van der Waals surface area contributed by atoms with Gasteiger partial charge >= 0.3 is 6.18 Å². The quantitative estimate of drug-likeness (QED) is 0.734. The Morgan fingerprint density at radius 1 is 1.08 bits per heavy atom. The molecule has 0 aliphatic heterocycles. The van der Waals surface area contributed by atoms with Gasteiger partial charge in [-0.05, 0) is 29.8 Å². The molecule has 0 radical (unpaired) electrons. The molecule has 1 amide bonds. The Labute approximate surface area is 153 Å². The summed E-state index contributed by atoms with van der Waals surface area (Å²) in [5, 5.41) is 2.88. The van der Waals surface area contributed by atoms with Crippen LogP contribution in [0.4, 0.5) is 18.9 Å². The first-order valence-corrected chi connectivity index (χ1v) is 7.70. The van der Waals surface area contributed by atoms with E-state index >= 15 is 0 Å². The first kappa shape index (κ1) is 19.7. The minimum absolute atomic E-state index is 0.287. The first-order valence-electron chi connectivity index (χ1n) is 7.32. The third-order valence-electron chi connectivity index (χ3n) is 3.40. The normalized spacial score (nSPS) is 11.5. The molecule has 0 aliphatic carbocycles. The average Bonchev–Trinajstić information content (AvgIpc) is 2.60.